The van der Waals surface area contributed by atoms with Crippen LogP contribution in [0.3, 0.4) is 0 Å². The van der Waals surface area contributed by atoms with Crippen molar-refractivity contribution in [2.75, 3.05) is 11.3 Å². The summed E-state index contributed by atoms with van der Waals surface area (Å²) in [5, 5.41) is 9.42. The molecule has 0 spiro atoms. The Kier molecular flexibility index (Phi) is 4.55. The van der Waals surface area contributed by atoms with E-state index in [1.807, 2.05) is 13.0 Å². The zero-order chi connectivity index (χ0) is 17.9. The maximum atomic E-state index is 12.8. The van der Waals surface area contributed by atoms with Gasteiger partial charge in [-0.1, -0.05) is 6.07 Å². The summed E-state index contributed by atoms with van der Waals surface area (Å²) in [5.74, 6) is 0.531. The largest absolute Gasteiger partial charge is 0.492 e. The fourth-order valence-corrected chi connectivity index (χ4v) is 3.74. The molecule has 0 aliphatic heterocycles. The van der Waals surface area contributed by atoms with Gasteiger partial charge >= 0.3 is 0 Å². The van der Waals surface area contributed by atoms with Gasteiger partial charge in [0.1, 0.15) is 11.3 Å². The van der Waals surface area contributed by atoms with E-state index >= 15 is 0 Å². The van der Waals surface area contributed by atoms with Crippen molar-refractivity contribution in [3.8, 4) is 11.8 Å². The van der Waals surface area contributed by atoms with Crippen molar-refractivity contribution in [1.29, 1.82) is 5.26 Å². The van der Waals surface area contributed by atoms with Gasteiger partial charge in [0.05, 0.1) is 28.8 Å². The van der Waals surface area contributed by atoms with Crippen LogP contribution in [-0.4, -0.2) is 20.0 Å². The van der Waals surface area contributed by atoms with Crippen molar-refractivity contribution >= 4 is 26.6 Å². The molecular formula is C18H15N3O3S. The number of rotatable bonds is 5. The van der Waals surface area contributed by atoms with Gasteiger partial charge in [-0.2, -0.15) is 5.26 Å². The Bertz CT molecular complexity index is 1070. The lowest BCUT2D eigenvalue weighted by atomic mass is 10.2. The van der Waals surface area contributed by atoms with E-state index in [1.54, 1.807) is 42.6 Å². The monoisotopic (exact) mass is 353 g/mol. The number of fused-ring (bicyclic) bond motifs is 1. The lowest BCUT2D eigenvalue weighted by Crippen LogP contribution is -2.13. The Hall–Kier alpha value is -3.11. The number of hydrogen-bond acceptors (Lipinski definition) is 5. The summed E-state index contributed by atoms with van der Waals surface area (Å²) in [4.78, 5) is 4.35. The summed E-state index contributed by atoms with van der Waals surface area (Å²) >= 11 is 0. The predicted molar refractivity (Wildman–Crippen MR) is 94.9 cm³/mol. The molecule has 0 amide bonds. The van der Waals surface area contributed by atoms with Gasteiger partial charge in [-0.3, -0.25) is 9.71 Å². The minimum absolute atomic E-state index is 0.0985. The molecule has 0 radical (unpaired) electrons. The second-order valence-corrected chi connectivity index (χ2v) is 6.84. The number of sulfonamides is 1. The number of pyridine rings is 1. The smallest absolute Gasteiger partial charge is 0.262 e. The number of nitrogens with one attached hydrogen (secondary N) is 1. The lowest BCUT2D eigenvalue weighted by molar-refractivity contribution is 0.343. The molecule has 1 heterocycles. The van der Waals surface area contributed by atoms with Gasteiger partial charge in [-0.05, 0) is 49.4 Å². The molecule has 2 aromatic carbocycles. The first kappa shape index (κ1) is 16.7. The van der Waals surface area contributed by atoms with Crippen LogP contribution in [0.5, 0.6) is 5.75 Å². The molecule has 1 aromatic heterocycles. The van der Waals surface area contributed by atoms with Crippen LogP contribution in [0.2, 0.25) is 0 Å². The van der Waals surface area contributed by atoms with Crippen LogP contribution in [0.4, 0.5) is 5.69 Å². The van der Waals surface area contributed by atoms with Gasteiger partial charge in [0.2, 0.25) is 0 Å². The zero-order valence-corrected chi connectivity index (χ0v) is 14.2. The molecule has 7 heteroatoms. The van der Waals surface area contributed by atoms with Crippen LogP contribution in [0.25, 0.3) is 10.9 Å². The first-order valence-electron chi connectivity index (χ1n) is 7.58. The second-order valence-electron chi connectivity index (χ2n) is 5.19. The molecule has 0 aliphatic carbocycles. The Morgan fingerprint density at radius 3 is 2.80 bits per heavy atom. The molecule has 3 aromatic rings. The van der Waals surface area contributed by atoms with E-state index in [0.717, 1.165) is 0 Å². The number of nitriles is 1. The standard InChI is InChI=1S/C18H15N3O3S/c1-2-24-16-8-9-17(15-7-4-10-20-18(15)16)25(22,23)21-14-6-3-5-13(11-14)12-19/h3-11,21H,2H2,1H3. The zero-order valence-electron chi connectivity index (χ0n) is 13.4. The van der Waals surface area contributed by atoms with Crippen molar-refractivity contribution in [2.24, 2.45) is 0 Å². The molecule has 1 N–H and O–H groups in total. The molecule has 0 bridgehead atoms. The molecule has 25 heavy (non-hydrogen) atoms. The topological polar surface area (TPSA) is 92.1 Å². The van der Waals surface area contributed by atoms with Crippen LogP contribution in [0.15, 0.2) is 59.6 Å². The Morgan fingerprint density at radius 1 is 1.20 bits per heavy atom. The molecular weight excluding hydrogens is 338 g/mol. The van der Waals surface area contributed by atoms with Crippen molar-refractivity contribution in [3.63, 3.8) is 0 Å². The molecule has 0 fully saturated rings. The highest BCUT2D eigenvalue weighted by atomic mass is 32.2. The van der Waals surface area contributed by atoms with E-state index in [0.29, 0.717) is 34.5 Å². The third-order valence-electron chi connectivity index (χ3n) is 3.53. The minimum Gasteiger partial charge on any atom is -0.492 e. The molecule has 0 saturated carbocycles. The molecule has 0 saturated heterocycles. The summed E-state index contributed by atoms with van der Waals surface area (Å²) in [6, 6.07) is 14.7. The summed E-state index contributed by atoms with van der Waals surface area (Å²) in [6.07, 6.45) is 1.59. The molecule has 0 atom stereocenters. The van der Waals surface area contributed by atoms with E-state index in [1.165, 1.54) is 12.1 Å². The molecule has 6 nitrogen and oxygen atoms in total. The molecule has 0 unspecified atom stereocenters. The third-order valence-corrected chi connectivity index (χ3v) is 4.97. The number of nitrogens with zero attached hydrogens (tertiary/aromatic N) is 2. The van der Waals surface area contributed by atoms with Gasteiger partial charge in [0.15, 0.2) is 0 Å². The highest BCUT2D eigenvalue weighted by molar-refractivity contribution is 7.93. The molecule has 126 valence electrons. The Labute approximate surface area is 145 Å². The van der Waals surface area contributed by atoms with E-state index in [-0.39, 0.29) is 4.90 Å². The van der Waals surface area contributed by atoms with E-state index < -0.39 is 10.0 Å². The van der Waals surface area contributed by atoms with Crippen molar-refractivity contribution in [1.82, 2.24) is 4.98 Å². The number of hydrogen-bond donors (Lipinski definition) is 1. The first-order chi connectivity index (χ1) is 12.0. The fourth-order valence-electron chi connectivity index (χ4n) is 2.49. The van der Waals surface area contributed by atoms with Gasteiger partial charge in [-0.15, -0.1) is 0 Å². The molecule has 0 aliphatic rings. The SMILES string of the molecule is CCOc1ccc(S(=O)(=O)Nc2cccc(C#N)c2)c2cccnc12. The number of anilines is 1. The quantitative estimate of drug-likeness (QED) is 0.760. The lowest BCUT2D eigenvalue weighted by Gasteiger charge is -2.13. The van der Waals surface area contributed by atoms with Crippen LogP contribution < -0.4 is 9.46 Å². The number of benzene rings is 2. The van der Waals surface area contributed by atoms with E-state index in [9.17, 15) is 8.42 Å². The average molecular weight is 353 g/mol. The number of ether oxygens (including phenoxy) is 1. The second kappa shape index (κ2) is 6.79. The Balaban J connectivity index is 2.08. The Morgan fingerprint density at radius 2 is 2.04 bits per heavy atom. The van der Waals surface area contributed by atoms with Crippen LogP contribution >= 0.6 is 0 Å². The van der Waals surface area contributed by atoms with Gasteiger partial charge in [0, 0.05) is 11.6 Å². The fraction of sp³-hybridized carbons (Fsp3) is 0.111. The van der Waals surface area contributed by atoms with Crippen LogP contribution in [-0.2, 0) is 10.0 Å². The van der Waals surface area contributed by atoms with E-state index in [4.69, 9.17) is 10.00 Å². The molecule has 3 rings (SSSR count). The third kappa shape index (κ3) is 3.39. The summed E-state index contributed by atoms with van der Waals surface area (Å²) < 4.78 is 33.7. The maximum absolute atomic E-state index is 12.8. The minimum atomic E-state index is -3.85. The van der Waals surface area contributed by atoms with E-state index in [2.05, 4.69) is 9.71 Å². The summed E-state index contributed by atoms with van der Waals surface area (Å²) in [6.45, 7) is 2.31. The van der Waals surface area contributed by atoms with Crippen LogP contribution in [0, 0.1) is 11.3 Å². The maximum Gasteiger partial charge on any atom is 0.262 e. The predicted octanol–water partition coefficient (Wildman–Crippen LogP) is 3.31. The van der Waals surface area contributed by atoms with Crippen molar-refractivity contribution in [3.05, 3.63) is 60.3 Å². The van der Waals surface area contributed by atoms with Gasteiger partial charge in [0.25, 0.3) is 10.0 Å². The van der Waals surface area contributed by atoms with Crippen LogP contribution in [0.1, 0.15) is 12.5 Å². The normalized spacial score (nSPS) is 11.0. The number of aromatic nitrogens is 1. The highest BCUT2D eigenvalue weighted by Crippen LogP contribution is 2.30. The summed E-state index contributed by atoms with van der Waals surface area (Å²) in [5.41, 5.74) is 1.18. The highest BCUT2D eigenvalue weighted by Gasteiger charge is 2.20. The van der Waals surface area contributed by atoms with Crippen molar-refractivity contribution in [2.45, 2.75) is 11.8 Å². The van der Waals surface area contributed by atoms with Crippen molar-refractivity contribution < 1.29 is 13.2 Å². The van der Waals surface area contributed by atoms with Gasteiger partial charge in [-0.25, -0.2) is 8.42 Å². The summed E-state index contributed by atoms with van der Waals surface area (Å²) in [7, 11) is -3.85. The van der Waals surface area contributed by atoms with Gasteiger partial charge < -0.3 is 4.74 Å². The first-order valence-corrected chi connectivity index (χ1v) is 9.07. The average Bonchev–Trinajstić information content (AvgIpc) is 2.62.